The highest BCUT2D eigenvalue weighted by molar-refractivity contribution is 5.93. The number of fused-ring (bicyclic) bond motifs is 1. The number of H-pyrrole nitrogens is 1. The molecule has 0 bridgehead atoms. The number of rotatable bonds is 4. The van der Waals surface area contributed by atoms with Gasteiger partial charge in [0.25, 0.3) is 0 Å². The summed E-state index contributed by atoms with van der Waals surface area (Å²) in [5, 5.41) is 10.0. The third-order valence-electron chi connectivity index (χ3n) is 3.87. The Labute approximate surface area is 127 Å². The molecule has 0 radical (unpaired) electrons. The maximum Gasteiger partial charge on any atom is 0.303 e. The number of halogens is 1. The smallest absolute Gasteiger partial charge is 0.303 e. The molecule has 22 heavy (non-hydrogen) atoms. The van der Waals surface area contributed by atoms with E-state index in [-0.39, 0.29) is 12.2 Å². The first-order valence-electron chi connectivity index (χ1n) is 7.14. The molecule has 0 amide bonds. The Morgan fingerprint density at radius 2 is 1.91 bits per heavy atom. The molecule has 3 nitrogen and oxygen atoms in total. The molecule has 0 unspecified atom stereocenters. The maximum absolute atomic E-state index is 13.1. The highest BCUT2D eigenvalue weighted by Crippen LogP contribution is 2.32. The monoisotopic (exact) mass is 297 g/mol. The summed E-state index contributed by atoms with van der Waals surface area (Å²) in [5.41, 5.74) is 4.79. The molecule has 4 heteroatoms. The Kier molecular flexibility index (Phi) is 3.67. The first kappa shape index (κ1) is 14.3. The number of hydrogen-bond acceptors (Lipinski definition) is 1. The van der Waals surface area contributed by atoms with Crippen molar-refractivity contribution in [2.75, 3.05) is 0 Å². The number of para-hydroxylation sites is 1. The van der Waals surface area contributed by atoms with Crippen LogP contribution in [-0.4, -0.2) is 16.1 Å². The van der Waals surface area contributed by atoms with Gasteiger partial charge in [0.15, 0.2) is 0 Å². The Balaban J connectivity index is 2.18. The number of aryl methyl sites for hydroxylation is 2. The predicted octanol–water partition coefficient (Wildman–Crippen LogP) is 4.30. The van der Waals surface area contributed by atoms with Gasteiger partial charge in [0.2, 0.25) is 0 Å². The van der Waals surface area contributed by atoms with Crippen molar-refractivity contribution in [2.24, 2.45) is 0 Å². The van der Waals surface area contributed by atoms with Crippen LogP contribution in [0.4, 0.5) is 4.39 Å². The number of aromatic amines is 1. The normalized spacial score (nSPS) is 11.0. The van der Waals surface area contributed by atoms with E-state index in [0.29, 0.717) is 6.42 Å². The predicted molar refractivity (Wildman–Crippen MR) is 84.4 cm³/mol. The van der Waals surface area contributed by atoms with Crippen LogP contribution in [0, 0.1) is 12.7 Å². The van der Waals surface area contributed by atoms with Crippen LogP contribution in [0.5, 0.6) is 0 Å². The van der Waals surface area contributed by atoms with Crippen LogP contribution in [0.25, 0.3) is 22.2 Å². The number of aliphatic carboxylic acids is 1. The summed E-state index contributed by atoms with van der Waals surface area (Å²) in [6.07, 6.45) is 0.501. The molecular weight excluding hydrogens is 281 g/mol. The fraction of sp³-hybridized carbons (Fsp3) is 0.167. The van der Waals surface area contributed by atoms with Gasteiger partial charge in [0.1, 0.15) is 5.82 Å². The Morgan fingerprint density at radius 3 is 2.59 bits per heavy atom. The summed E-state index contributed by atoms with van der Waals surface area (Å²) in [6.45, 7) is 2.01. The number of carbonyl (C=O) groups is 1. The average molecular weight is 297 g/mol. The molecule has 0 fully saturated rings. The Morgan fingerprint density at radius 1 is 1.18 bits per heavy atom. The molecule has 1 heterocycles. The molecule has 0 aliphatic heterocycles. The van der Waals surface area contributed by atoms with Crippen LogP contribution in [0.1, 0.15) is 17.5 Å². The zero-order chi connectivity index (χ0) is 15.7. The second kappa shape index (κ2) is 5.64. The first-order valence-corrected chi connectivity index (χ1v) is 7.14. The van der Waals surface area contributed by atoms with Crippen LogP contribution < -0.4 is 0 Å². The van der Waals surface area contributed by atoms with Crippen molar-refractivity contribution in [2.45, 2.75) is 19.8 Å². The molecule has 0 atom stereocenters. The van der Waals surface area contributed by atoms with E-state index >= 15 is 0 Å². The van der Waals surface area contributed by atoms with E-state index in [9.17, 15) is 9.18 Å². The van der Waals surface area contributed by atoms with E-state index in [0.717, 1.165) is 33.3 Å². The maximum atomic E-state index is 13.1. The van der Waals surface area contributed by atoms with E-state index in [2.05, 4.69) is 4.98 Å². The Bertz CT molecular complexity index is 834. The van der Waals surface area contributed by atoms with E-state index in [1.54, 1.807) is 12.1 Å². The first-order chi connectivity index (χ1) is 10.6. The van der Waals surface area contributed by atoms with Crippen molar-refractivity contribution >= 4 is 16.9 Å². The number of nitrogens with one attached hydrogen (secondary N) is 1. The van der Waals surface area contributed by atoms with Gasteiger partial charge in [-0.3, -0.25) is 4.79 Å². The lowest BCUT2D eigenvalue weighted by molar-refractivity contribution is -0.136. The van der Waals surface area contributed by atoms with E-state index in [1.807, 2.05) is 25.1 Å². The zero-order valence-electron chi connectivity index (χ0n) is 12.2. The standard InChI is InChI=1S/C18H16FNO2/c1-11-3-2-4-14-15(9-10-16(21)22)18(20-17(11)14)12-5-7-13(19)8-6-12/h2-8,20H,9-10H2,1H3,(H,21,22). The average Bonchev–Trinajstić information content (AvgIpc) is 2.86. The zero-order valence-corrected chi connectivity index (χ0v) is 12.2. The van der Waals surface area contributed by atoms with Gasteiger partial charge in [-0.2, -0.15) is 0 Å². The van der Waals surface area contributed by atoms with Crippen molar-refractivity contribution in [3.63, 3.8) is 0 Å². The van der Waals surface area contributed by atoms with Crippen molar-refractivity contribution in [1.82, 2.24) is 4.98 Å². The summed E-state index contributed by atoms with van der Waals surface area (Å²) in [6, 6.07) is 12.2. The molecule has 0 aliphatic carbocycles. The van der Waals surface area contributed by atoms with Crippen molar-refractivity contribution < 1.29 is 14.3 Å². The molecule has 2 aromatic carbocycles. The molecule has 0 saturated carbocycles. The molecule has 3 aromatic rings. The molecule has 3 rings (SSSR count). The number of aromatic nitrogens is 1. The third-order valence-corrected chi connectivity index (χ3v) is 3.87. The fourth-order valence-electron chi connectivity index (χ4n) is 2.77. The molecule has 2 N–H and O–H groups in total. The van der Waals surface area contributed by atoms with Gasteiger partial charge in [0.05, 0.1) is 0 Å². The van der Waals surface area contributed by atoms with Gasteiger partial charge in [-0.1, -0.05) is 18.2 Å². The second-order valence-electron chi connectivity index (χ2n) is 5.38. The van der Waals surface area contributed by atoms with E-state index < -0.39 is 5.97 Å². The highest BCUT2D eigenvalue weighted by Gasteiger charge is 2.15. The number of hydrogen-bond donors (Lipinski definition) is 2. The van der Waals surface area contributed by atoms with Crippen molar-refractivity contribution in [1.29, 1.82) is 0 Å². The van der Waals surface area contributed by atoms with Crippen molar-refractivity contribution in [3.8, 4) is 11.3 Å². The van der Waals surface area contributed by atoms with Crippen LogP contribution in [0.15, 0.2) is 42.5 Å². The lowest BCUT2D eigenvalue weighted by Gasteiger charge is -2.04. The van der Waals surface area contributed by atoms with Gasteiger partial charge in [-0.25, -0.2) is 4.39 Å². The summed E-state index contributed by atoms with van der Waals surface area (Å²) in [5.74, 6) is -1.12. The molecule has 0 saturated heterocycles. The summed E-state index contributed by atoms with van der Waals surface area (Å²) in [7, 11) is 0. The SMILES string of the molecule is Cc1cccc2c(CCC(=O)O)c(-c3ccc(F)cc3)[nH]c12. The van der Waals surface area contributed by atoms with Gasteiger partial charge in [0, 0.05) is 23.0 Å². The van der Waals surface area contributed by atoms with E-state index in [1.165, 1.54) is 12.1 Å². The number of carboxylic acids is 1. The van der Waals surface area contributed by atoms with Crippen LogP contribution in [0.3, 0.4) is 0 Å². The molecule has 0 aliphatic rings. The van der Waals surface area contributed by atoms with Crippen LogP contribution in [0.2, 0.25) is 0 Å². The largest absolute Gasteiger partial charge is 0.481 e. The van der Waals surface area contributed by atoms with E-state index in [4.69, 9.17) is 5.11 Å². The minimum Gasteiger partial charge on any atom is -0.481 e. The number of benzene rings is 2. The summed E-state index contributed by atoms with van der Waals surface area (Å²) in [4.78, 5) is 14.3. The topological polar surface area (TPSA) is 53.1 Å². The summed E-state index contributed by atoms with van der Waals surface area (Å²) >= 11 is 0. The molecular formula is C18H16FNO2. The van der Waals surface area contributed by atoms with Gasteiger partial charge in [-0.05, 0) is 54.3 Å². The quantitative estimate of drug-likeness (QED) is 0.754. The fourth-order valence-corrected chi connectivity index (χ4v) is 2.77. The Hall–Kier alpha value is -2.62. The van der Waals surface area contributed by atoms with Gasteiger partial charge >= 0.3 is 5.97 Å². The third kappa shape index (κ3) is 2.60. The lowest BCUT2D eigenvalue weighted by Crippen LogP contribution is -1.98. The van der Waals surface area contributed by atoms with Gasteiger partial charge < -0.3 is 10.1 Å². The molecule has 1 aromatic heterocycles. The van der Waals surface area contributed by atoms with Gasteiger partial charge in [-0.15, -0.1) is 0 Å². The molecule has 112 valence electrons. The minimum atomic E-state index is -0.827. The van der Waals surface area contributed by atoms with Crippen LogP contribution >= 0.6 is 0 Å². The van der Waals surface area contributed by atoms with Crippen LogP contribution in [-0.2, 0) is 11.2 Å². The molecule has 0 spiro atoms. The summed E-state index contributed by atoms with van der Waals surface area (Å²) < 4.78 is 13.1. The minimum absolute atomic E-state index is 0.0646. The highest BCUT2D eigenvalue weighted by atomic mass is 19.1. The van der Waals surface area contributed by atoms with Crippen molar-refractivity contribution in [3.05, 3.63) is 59.4 Å². The second-order valence-corrected chi connectivity index (χ2v) is 5.38. The number of carboxylic acid groups (broad SMARTS) is 1. The lowest BCUT2D eigenvalue weighted by atomic mass is 10.0.